The molecule has 3 unspecified atom stereocenters. The molecule has 7 nitrogen and oxygen atoms in total. The van der Waals surface area contributed by atoms with E-state index in [9.17, 15) is 19.5 Å². The Balaban J connectivity index is 1.83. The van der Waals surface area contributed by atoms with Crippen LogP contribution in [-0.4, -0.2) is 92.4 Å². The molecule has 0 aromatic rings. The molecule has 4 rings (SSSR count). The second kappa shape index (κ2) is 11.7. The first kappa shape index (κ1) is 29.2. The fourth-order valence-electron chi connectivity index (χ4n) is 7.84. The Labute approximate surface area is 233 Å². The van der Waals surface area contributed by atoms with E-state index in [-0.39, 0.29) is 47.5 Å². The van der Waals surface area contributed by atoms with Crippen LogP contribution in [0.3, 0.4) is 0 Å². The third kappa shape index (κ3) is 4.53. The highest BCUT2D eigenvalue weighted by atomic mass is 32.2. The Morgan fingerprint density at radius 1 is 1.18 bits per heavy atom. The second-order valence-corrected chi connectivity index (χ2v) is 13.6. The molecule has 3 heterocycles. The standard InChI is InChI=1S/C30H47N3O4S/c1-7-15-31(6)27(35)24-23-17-20(5)30(38-23)25(24)28(36)33(22(18-34)19(4)9-3)26(30)29(37)32(16-8-2)21-13-11-10-12-14-21/h7-8,19-26,34H,1-2,9-18H2,3-6H3/t19-,20?,22-,23-,24+,25-,26?,30?/m0/s1. The van der Waals surface area contributed by atoms with Crippen LogP contribution < -0.4 is 0 Å². The van der Waals surface area contributed by atoms with Crippen molar-refractivity contribution in [2.24, 2.45) is 23.7 Å². The Morgan fingerprint density at radius 3 is 2.42 bits per heavy atom. The molecule has 2 bridgehead atoms. The summed E-state index contributed by atoms with van der Waals surface area (Å²) >= 11 is 1.71. The summed E-state index contributed by atoms with van der Waals surface area (Å²) in [5.74, 6) is -1.10. The zero-order valence-corrected chi connectivity index (χ0v) is 24.5. The number of rotatable bonds is 11. The summed E-state index contributed by atoms with van der Waals surface area (Å²) in [6, 6.07) is -1.03. The second-order valence-electron chi connectivity index (χ2n) is 12.0. The summed E-state index contributed by atoms with van der Waals surface area (Å²) in [6.07, 6.45) is 10.4. The predicted octanol–water partition coefficient (Wildman–Crippen LogP) is 3.72. The van der Waals surface area contributed by atoms with Gasteiger partial charge >= 0.3 is 0 Å². The van der Waals surface area contributed by atoms with Crippen molar-refractivity contribution in [1.29, 1.82) is 0 Å². The van der Waals surface area contributed by atoms with Gasteiger partial charge in [0.2, 0.25) is 17.7 Å². The van der Waals surface area contributed by atoms with E-state index in [1.54, 1.807) is 40.8 Å². The van der Waals surface area contributed by atoms with E-state index in [4.69, 9.17) is 0 Å². The molecule has 38 heavy (non-hydrogen) atoms. The number of thioether (sulfide) groups is 1. The van der Waals surface area contributed by atoms with Gasteiger partial charge in [-0.05, 0) is 31.1 Å². The third-order valence-corrected chi connectivity index (χ3v) is 12.0. The first-order chi connectivity index (χ1) is 18.2. The van der Waals surface area contributed by atoms with Crippen LogP contribution in [0.15, 0.2) is 25.3 Å². The quantitative estimate of drug-likeness (QED) is 0.400. The van der Waals surface area contributed by atoms with Crippen molar-refractivity contribution in [1.82, 2.24) is 14.7 Å². The first-order valence-corrected chi connectivity index (χ1v) is 15.4. The number of hydrogen-bond acceptors (Lipinski definition) is 5. The SMILES string of the molecule is C=CCN(C)C(=O)[C@@H]1[C@@H]2CC(C)C3(S2)C(C(=O)N(CC=C)C2CCCCC2)N([C@@H](CO)[C@@H](C)CC)C(=O)[C@H]13. The molecule has 1 aliphatic carbocycles. The van der Waals surface area contributed by atoms with Gasteiger partial charge in [-0.2, -0.15) is 0 Å². The number of carbonyl (C=O) groups is 3. The van der Waals surface area contributed by atoms with E-state index in [0.717, 1.165) is 38.5 Å². The van der Waals surface area contributed by atoms with Crippen LogP contribution in [-0.2, 0) is 14.4 Å². The van der Waals surface area contributed by atoms with Gasteiger partial charge in [0.25, 0.3) is 0 Å². The monoisotopic (exact) mass is 545 g/mol. The van der Waals surface area contributed by atoms with Crippen LogP contribution in [0, 0.1) is 23.7 Å². The molecule has 212 valence electrons. The number of aliphatic hydroxyl groups excluding tert-OH is 1. The third-order valence-electron chi connectivity index (χ3n) is 9.95. The topological polar surface area (TPSA) is 81.2 Å². The van der Waals surface area contributed by atoms with E-state index in [1.807, 2.05) is 11.8 Å². The van der Waals surface area contributed by atoms with Gasteiger partial charge in [-0.15, -0.1) is 24.9 Å². The predicted molar refractivity (Wildman–Crippen MR) is 152 cm³/mol. The molecule has 0 aromatic heterocycles. The molecule has 4 aliphatic rings. The van der Waals surface area contributed by atoms with Gasteiger partial charge < -0.3 is 19.8 Å². The molecule has 0 aromatic carbocycles. The summed E-state index contributed by atoms with van der Waals surface area (Å²) in [7, 11) is 1.77. The Kier molecular flexibility index (Phi) is 9.02. The summed E-state index contributed by atoms with van der Waals surface area (Å²) in [5.41, 5.74) is 0. The van der Waals surface area contributed by atoms with Crippen molar-refractivity contribution in [3.63, 3.8) is 0 Å². The lowest BCUT2D eigenvalue weighted by Gasteiger charge is -2.45. The molecule has 1 spiro atoms. The molecule has 0 radical (unpaired) electrons. The summed E-state index contributed by atoms with van der Waals surface area (Å²) < 4.78 is -0.677. The molecular formula is C30H47N3O4S. The number of likely N-dealkylation sites (tertiary alicyclic amines) is 1. The molecule has 1 N–H and O–H groups in total. The summed E-state index contributed by atoms with van der Waals surface area (Å²) in [4.78, 5) is 48.4. The minimum atomic E-state index is -0.694. The van der Waals surface area contributed by atoms with Crippen molar-refractivity contribution in [3.05, 3.63) is 25.3 Å². The maximum atomic E-state index is 14.8. The number of hydrogen-bond donors (Lipinski definition) is 1. The number of carbonyl (C=O) groups excluding carboxylic acids is 3. The van der Waals surface area contributed by atoms with E-state index < -0.39 is 28.7 Å². The van der Waals surface area contributed by atoms with Crippen molar-refractivity contribution in [2.75, 3.05) is 26.7 Å². The molecule has 3 aliphatic heterocycles. The smallest absolute Gasteiger partial charge is 0.247 e. The lowest BCUT2D eigenvalue weighted by atomic mass is 9.65. The lowest BCUT2D eigenvalue weighted by molar-refractivity contribution is -0.149. The van der Waals surface area contributed by atoms with Gasteiger partial charge in [0.15, 0.2) is 0 Å². The highest BCUT2D eigenvalue weighted by molar-refractivity contribution is 8.02. The highest BCUT2D eigenvalue weighted by Crippen LogP contribution is 2.69. The van der Waals surface area contributed by atoms with Gasteiger partial charge in [0, 0.05) is 31.4 Å². The molecule has 3 saturated heterocycles. The summed E-state index contributed by atoms with van der Waals surface area (Å²) in [6.45, 7) is 14.6. The Hall–Kier alpha value is -1.80. The van der Waals surface area contributed by atoms with E-state index in [2.05, 4.69) is 27.0 Å². The van der Waals surface area contributed by atoms with Crippen molar-refractivity contribution >= 4 is 29.5 Å². The van der Waals surface area contributed by atoms with E-state index >= 15 is 0 Å². The molecule has 8 heteroatoms. The fraction of sp³-hybridized carbons (Fsp3) is 0.767. The van der Waals surface area contributed by atoms with Crippen LogP contribution in [0.5, 0.6) is 0 Å². The van der Waals surface area contributed by atoms with Gasteiger partial charge in [-0.3, -0.25) is 14.4 Å². The molecule has 3 amide bonds. The van der Waals surface area contributed by atoms with Crippen LogP contribution in [0.25, 0.3) is 0 Å². The average molecular weight is 546 g/mol. The van der Waals surface area contributed by atoms with Gasteiger partial charge in [0.05, 0.1) is 29.2 Å². The maximum absolute atomic E-state index is 14.8. The summed E-state index contributed by atoms with van der Waals surface area (Å²) in [5, 5.41) is 10.6. The first-order valence-electron chi connectivity index (χ1n) is 14.6. The van der Waals surface area contributed by atoms with Crippen LogP contribution >= 0.6 is 11.8 Å². The van der Waals surface area contributed by atoms with Crippen LogP contribution in [0.1, 0.15) is 65.7 Å². The number of aliphatic hydroxyl groups is 1. The number of nitrogens with zero attached hydrogens (tertiary/aromatic N) is 3. The van der Waals surface area contributed by atoms with Gasteiger partial charge in [-0.25, -0.2) is 0 Å². The number of likely N-dealkylation sites (N-methyl/N-ethyl adjacent to an activating group) is 1. The largest absolute Gasteiger partial charge is 0.394 e. The van der Waals surface area contributed by atoms with E-state index in [1.165, 1.54) is 6.42 Å². The van der Waals surface area contributed by atoms with Crippen LogP contribution in [0.4, 0.5) is 0 Å². The molecule has 1 saturated carbocycles. The zero-order chi connectivity index (χ0) is 27.8. The van der Waals surface area contributed by atoms with Gasteiger partial charge in [0.1, 0.15) is 6.04 Å². The lowest BCUT2D eigenvalue weighted by Crippen LogP contribution is -2.61. The van der Waals surface area contributed by atoms with Crippen molar-refractivity contribution < 1.29 is 19.5 Å². The number of amides is 3. The Bertz CT molecular complexity index is 936. The van der Waals surface area contributed by atoms with E-state index in [0.29, 0.717) is 13.1 Å². The van der Waals surface area contributed by atoms with Crippen molar-refractivity contribution in [3.8, 4) is 0 Å². The van der Waals surface area contributed by atoms with Crippen LogP contribution in [0.2, 0.25) is 0 Å². The minimum Gasteiger partial charge on any atom is -0.394 e. The zero-order valence-electron chi connectivity index (χ0n) is 23.7. The average Bonchev–Trinajstić information content (AvgIpc) is 3.51. The minimum absolute atomic E-state index is 0.00914. The molecule has 8 atom stereocenters. The molecular weight excluding hydrogens is 498 g/mol. The maximum Gasteiger partial charge on any atom is 0.247 e. The fourth-order valence-corrected chi connectivity index (χ4v) is 10.2. The number of fused-ring (bicyclic) bond motifs is 1. The highest BCUT2D eigenvalue weighted by Gasteiger charge is 2.77. The Morgan fingerprint density at radius 2 is 1.84 bits per heavy atom. The normalized spacial score (nSPS) is 34.1. The van der Waals surface area contributed by atoms with Gasteiger partial charge in [-0.1, -0.05) is 58.6 Å². The van der Waals surface area contributed by atoms with Crippen molar-refractivity contribution in [2.45, 2.75) is 93.8 Å². The molecule has 4 fully saturated rings.